The van der Waals surface area contributed by atoms with E-state index in [-0.39, 0.29) is 5.82 Å². The fourth-order valence-electron chi connectivity index (χ4n) is 0.636. The molecule has 0 amide bonds. The van der Waals surface area contributed by atoms with Gasteiger partial charge in [-0.3, -0.25) is 0 Å². The summed E-state index contributed by atoms with van der Waals surface area (Å²) in [6.07, 6.45) is 0. The molecular weight excluding hydrogens is 117 g/mol. The third kappa shape index (κ3) is 1.27. The lowest BCUT2D eigenvalue weighted by atomic mass is 10.2. The first-order valence-electron chi connectivity index (χ1n) is 2.78. The van der Waals surface area contributed by atoms with Crippen LogP contribution in [0.15, 0.2) is 18.2 Å². The van der Waals surface area contributed by atoms with Crippen molar-refractivity contribution in [3.8, 4) is 0 Å². The van der Waals surface area contributed by atoms with Gasteiger partial charge < -0.3 is 5.73 Å². The lowest BCUT2D eigenvalue weighted by molar-refractivity contribution is -0.255. The van der Waals surface area contributed by atoms with Crippen LogP contribution in [0.2, 0.25) is 0 Å². The van der Waals surface area contributed by atoms with Crippen molar-refractivity contribution < 1.29 is 10.1 Å². The van der Waals surface area contributed by atoms with E-state index in [9.17, 15) is 4.39 Å². The van der Waals surface area contributed by atoms with E-state index < -0.39 is 0 Å². The number of hydrogen-bond acceptors (Lipinski definition) is 0. The summed E-state index contributed by atoms with van der Waals surface area (Å²) in [5, 5.41) is 0. The molecule has 48 valence electrons. The zero-order valence-corrected chi connectivity index (χ0v) is 5.32. The van der Waals surface area contributed by atoms with Gasteiger partial charge in [0.15, 0.2) is 0 Å². The second-order valence-corrected chi connectivity index (χ2v) is 2.08. The SMILES string of the molecule is Cc1ccc([NH3+])cc1F. The maximum absolute atomic E-state index is 12.5. The number of benzene rings is 1. The van der Waals surface area contributed by atoms with E-state index in [0.717, 1.165) is 5.69 Å². The van der Waals surface area contributed by atoms with E-state index in [1.807, 2.05) is 0 Å². The summed E-state index contributed by atoms with van der Waals surface area (Å²) < 4.78 is 12.5. The van der Waals surface area contributed by atoms with E-state index in [2.05, 4.69) is 5.73 Å². The quantitative estimate of drug-likeness (QED) is 0.537. The zero-order valence-electron chi connectivity index (χ0n) is 5.32. The molecule has 0 heterocycles. The van der Waals surface area contributed by atoms with E-state index in [0.29, 0.717) is 5.56 Å². The lowest BCUT2D eigenvalue weighted by Gasteiger charge is -1.92. The number of quaternary nitrogens is 1. The number of aryl methyl sites for hydroxylation is 1. The molecule has 1 rings (SSSR count). The van der Waals surface area contributed by atoms with E-state index >= 15 is 0 Å². The maximum Gasteiger partial charge on any atom is 0.132 e. The first-order chi connectivity index (χ1) is 4.20. The van der Waals surface area contributed by atoms with Gasteiger partial charge in [0.05, 0.1) is 0 Å². The van der Waals surface area contributed by atoms with Crippen LogP contribution in [-0.4, -0.2) is 0 Å². The Hall–Kier alpha value is -0.890. The molecule has 0 aliphatic carbocycles. The van der Waals surface area contributed by atoms with Crippen LogP contribution in [0.25, 0.3) is 0 Å². The highest BCUT2D eigenvalue weighted by molar-refractivity contribution is 5.31. The molecule has 1 aromatic rings. The molecule has 0 spiro atoms. The molecule has 1 nitrogen and oxygen atoms in total. The molecular formula is C7H9FN+. The van der Waals surface area contributed by atoms with Gasteiger partial charge in [-0.2, -0.15) is 0 Å². The van der Waals surface area contributed by atoms with Crippen molar-refractivity contribution in [2.45, 2.75) is 6.92 Å². The van der Waals surface area contributed by atoms with Crippen molar-refractivity contribution >= 4 is 5.69 Å². The molecule has 0 aliphatic heterocycles. The van der Waals surface area contributed by atoms with Crippen LogP contribution < -0.4 is 5.73 Å². The highest BCUT2D eigenvalue weighted by Crippen LogP contribution is 2.07. The van der Waals surface area contributed by atoms with Crippen LogP contribution in [0.4, 0.5) is 10.1 Å². The molecule has 0 radical (unpaired) electrons. The van der Waals surface area contributed by atoms with Crippen molar-refractivity contribution in [1.82, 2.24) is 0 Å². The minimum absolute atomic E-state index is 0.178. The average molecular weight is 126 g/mol. The predicted octanol–water partition coefficient (Wildman–Crippen LogP) is 1.01. The molecule has 0 aliphatic rings. The summed E-state index contributed by atoms with van der Waals surface area (Å²) in [5.41, 5.74) is 4.97. The van der Waals surface area contributed by atoms with Crippen LogP contribution in [-0.2, 0) is 0 Å². The van der Waals surface area contributed by atoms with Gasteiger partial charge in [0, 0.05) is 6.07 Å². The minimum atomic E-state index is -0.178. The number of halogens is 1. The summed E-state index contributed by atoms with van der Waals surface area (Å²) in [4.78, 5) is 0. The fourth-order valence-corrected chi connectivity index (χ4v) is 0.636. The summed E-state index contributed by atoms with van der Waals surface area (Å²) in [6.45, 7) is 1.73. The molecule has 0 saturated heterocycles. The first kappa shape index (κ1) is 6.23. The zero-order chi connectivity index (χ0) is 6.85. The van der Waals surface area contributed by atoms with Gasteiger partial charge in [-0.1, -0.05) is 6.07 Å². The minimum Gasteiger partial charge on any atom is -0.325 e. The molecule has 0 fully saturated rings. The number of rotatable bonds is 0. The first-order valence-corrected chi connectivity index (χ1v) is 2.78. The van der Waals surface area contributed by atoms with Gasteiger partial charge in [0.2, 0.25) is 0 Å². The summed E-state index contributed by atoms with van der Waals surface area (Å²) in [5.74, 6) is -0.178. The third-order valence-corrected chi connectivity index (χ3v) is 1.24. The van der Waals surface area contributed by atoms with Crippen molar-refractivity contribution in [2.75, 3.05) is 0 Å². The Bertz CT molecular complexity index is 220. The molecule has 0 atom stereocenters. The standard InChI is InChI=1S/C7H8FN/c1-5-2-3-6(9)4-7(5)8/h2-4H,9H2,1H3/p+1. The van der Waals surface area contributed by atoms with Gasteiger partial charge >= 0.3 is 0 Å². The molecule has 0 bridgehead atoms. The summed E-state index contributed by atoms with van der Waals surface area (Å²) in [6, 6.07) is 4.94. The largest absolute Gasteiger partial charge is 0.325 e. The normalized spacial score (nSPS) is 9.67. The van der Waals surface area contributed by atoms with Crippen LogP contribution >= 0.6 is 0 Å². The molecule has 1 aromatic carbocycles. The van der Waals surface area contributed by atoms with E-state index in [1.165, 1.54) is 6.07 Å². The highest BCUT2D eigenvalue weighted by Gasteiger charge is 1.96. The topological polar surface area (TPSA) is 27.6 Å². The van der Waals surface area contributed by atoms with Crippen molar-refractivity contribution in [3.63, 3.8) is 0 Å². The molecule has 0 aromatic heterocycles. The van der Waals surface area contributed by atoms with Crippen LogP contribution in [0.1, 0.15) is 5.56 Å². The summed E-state index contributed by atoms with van der Waals surface area (Å²) in [7, 11) is 0. The van der Waals surface area contributed by atoms with Gasteiger partial charge in [-0.25, -0.2) is 4.39 Å². The van der Waals surface area contributed by atoms with E-state index in [4.69, 9.17) is 0 Å². The Balaban J connectivity index is 3.17. The Morgan fingerprint density at radius 2 is 2.11 bits per heavy atom. The molecule has 3 N–H and O–H groups in total. The lowest BCUT2D eigenvalue weighted by Crippen LogP contribution is -2.40. The number of hydrogen-bond donors (Lipinski definition) is 1. The molecule has 2 heteroatoms. The molecule has 9 heavy (non-hydrogen) atoms. The van der Waals surface area contributed by atoms with Crippen molar-refractivity contribution in [1.29, 1.82) is 0 Å². The van der Waals surface area contributed by atoms with Gasteiger partial charge in [-0.05, 0) is 18.6 Å². The highest BCUT2D eigenvalue weighted by atomic mass is 19.1. The molecule has 0 saturated carbocycles. The third-order valence-electron chi connectivity index (χ3n) is 1.24. The van der Waals surface area contributed by atoms with E-state index in [1.54, 1.807) is 19.1 Å². The van der Waals surface area contributed by atoms with Crippen molar-refractivity contribution in [3.05, 3.63) is 29.6 Å². The maximum atomic E-state index is 12.5. The summed E-state index contributed by atoms with van der Waals surface area (Å²) >= 11 is 0. The van der Waals surface area contributed by atoms with Gasteiger partial charge in [0.1, 0.15) is 11.5 Å². The Morgan fingerprint density at radius 3 is 2.56 bits per heavy atom. The van der Waals surface area contributed by atoms with Crippen LogP contribution in [0.5, 0.6) is 0 Å². The average Bonchev–Trinajstić information content (AvgIpc) is 1.80. The second kappa shape index (κ2) is 2.15. The smallest absolute Gasteiger partial charge is 0.132 e. The Kier molecular flexibility index (Phi) is 1.49. The van der Waals surface area contributed by atoms with Gasteiger partial charge in [0.25, 0.3) is 0 Å². The second-order valence-electron chi connectivity index (χ2n) is 2.08. The predicted molar refractivity (Wildman–Crippen MR) is 33.7 cm³/mol. The molecule has 0 unspecified atom stereocenters. The van der Waals surface area contributed by atoms with Gasteiger partial charge in [-0.15, -0.1) is 0 Å². The van der Waals surface area contributed by atoms with Crippen molar-refractivity contribution in [2.24, 2.45) is 0 Å². The Labute approximate surface area is 53.3 Å². The Morgan fingerprint density at radius 1 is 1.44 bits per heavy atom. The van der Waals surface area contributed by atoms with Crippen LogP contribution in [0.3, 0.4) is 0 Å². The van der Waals surface area contributed by atoms with Crippen LogP contribution in [0, 0.1) is 12.7 Å². The monoisotopic (exact) mass is 126 g/mol. The fraction of sp³-hybridized carbons (Fsp3) is 0.143.